The van der Waals surface area contributed by atoms with Gasteiger partial charge in [0.15, 0.2) is 0 Å². The summed E-state index contributed by atoms with van der Waals surface area (Å²) < 4.78 is 0. The lowest BCUT2D eigenvalue weighted by molar-refractivity contribution is -0.383. The standard InChI is InChI=1S/C15H17N3O2/c1-17(9-7-11-2-3-11)14-4-5-15(18(19)20)13-10-16-8-6-12(13)14/h4-6,8,10-11H,2-3,7,9H2,1H3. The molecule has 0 saturated heterocycles. The lowest BCUT2D eigenvalue weighted by atomic mass is 10.1. The predicted octanol–water partition coefficient (Wildman–Crippen LogP) is 3.38. The molecule has 0 unspecified atom stereocenters. The summed E-state index contributed by atoms with van der Waals surface area (Å²) in [5, 5.41) is 12.6. The van der Waals surface area contributed by atoms with Gasteiger partial charge in [-0.15, -0.1) is 0 Å². The molecule has 1 heterocycles. The van der Waals surface area contributed by atoms with Crippen LogP contribution in [0.3, 0.4) is 0 Å². The van der Waals surface area contributed by atoms with E-state index in [1.807, 2.05) is 19.2 Å². The molecule has 0 aliphatic heterocycles. The van der Waals surface area contributed by atoms with E-state index < -0.39 is 0 Å². The van der Waals surface area contributed by atoms with Crippen molar-refractivity contribution in [3.8, 4) is 0 Å². The number of anilines is 1. The van der Waals surface area contributed by atoms with E-state index in [0.717, 1.165) is 23.5 Å². The van der Waals surface area contributed by atoms with Crippen molar-refractivity contribution in [2.24, 2.45) is 5.92 Å². The second-order valence-electron chi connectivity index (χ2n) is 5.44. The van der Waals surface area contributed by atoms with Gasteiger partial charge in [0, 0.05) is 43.1 Å². The molecule has 104 valence electrons. The number of hydrogen-bond acceptors (Lipinski definition) is 4. The number of fused-ring (bicyclic) bond motifs is 1. The Balaban J connectivity index is 1.98. The van der Waals surface area contributed by atoms with Crippen LogP contribution in [0, 0.1) is 16.0 Å². The number of rotatable bonds is 5. The monoisotopic (exact) mass is 271 g/mol. The summed E-state index contributed by atoms with van der Waals surface area (Å²) in [6.07, 6.45) is 7.15. The van der Waals surface area contributed by atoms with E-state index in [-0.39, 0.29) is 10.6 Å². The molecular formula is C15H17N3O2. The molecule has 3 rings (SSSR count). The first-order valence-corrected chi connectivity index (χ1v) is 6.89. The van der Waals surface area contributed by atoms with Gasteiger partial charge in [0.05, 0.1) is 10.3 Å². The predicted molar refractivity (Wildman–Crippen MR) is 79.0 cm³/mol. The number of aromatic nitrogens is 1. The number of benzene rings is 1. The minimum atomic E-state index is -0.349. The molecule has 1 aromatic heterocycles. The number of pyridine rings is 1. The van der Waals surface area contributed by atoms with Crippen molar-refractivity contribution in [2.75, 3.05) is 18.5 Å². The number of hydrogen-bond donors (Lipinski definition) is 0. The molecule has 0 atom stereocenters. The van der Waals surface area contributed by atoms with Gasteiger partial charge in [0.2, 0.25) is 0 Å². The van der Waals surface area contributed by atoms with E-state index in [0.29, 0.717) is 5.39 Å². The summed E-state index contributed by atoms with van der Waals surface area (Å²) in [6.45, 7) is 0.986. The maximum absolute atomic E-state index is 11.1. The van der Waals surface area contributed by atoms with E-state index >= 15 is 0 Å². The largest absolute Gasteiger partial charge is 0.374 e. The zero-order valence-electron chi connectivity index (χ0n) is 11.5. The van der Waals surface area contributed by atoms with Crippen molar-refractivity contribution in [1.29, 1.82) is 0 Å². The third-order valence-electron chi connectivity index (χ3n) is 3.95. The Bertz CT molecular complexity index is 653. The Morgan fingerprint density at radius 1 is 1.35 bits per heavy atom. The third-order valence-corrected chi connectivity index (χ3v) is 3.95. The van der Waals surface area contributed by atoms with Crippen LogP contribution in [-0.2, 0) is 0 Å². The average Bonchev–Trinajstić information content (AvgIpc) is 3.27. The van der Waals surface area contributed by atoms with E-state index in [4.69, 9.17) is 0 Å². The van der Waals surface area contributed by atoms with Crippen molar-refractivity contribution in [1.82, 2.24) is 4.98 Å². The quantitative estimate of drug-likeness (QED) is 0.618. The van der Waals surface area contributed by atoms with Crippen molar-refractivity contribution in [3.05, 3.63) is 40.7 Å². The van der Waals surface area contributed by atoms with E-state index in [9.17, 15) is 10.1 Å². The van der Waals surface area contributed by atoms with Gasteiger partial charge in [0.1, 0.15) is 0 Å². The molecule has 0 amide bonds. The van der Waals surface area contributed by atoms with E-state index in [2.05, 4.69) is 9.88 Å². The van der Waals surface area contributed by atoms with Crippen molar-refractivity contribution < 1.29 is 4.92 Å². The molecule has 0 spiro atoms. The molecule has 2 aromatic rings. The van der Waals surface area contributed by atoms with Gasteiger partial charge in [0.25, 0.3) is 5.69 Å². The normalized spacial score (nSPS) is 14.4. The third kappa shape index (κ3) is 2.43. The highest BCUT2D eigenvalue weighted by Gasteiger charge is 2.22. The highest BCUT2D eigenvalue weighted by atomic mass is 16.6. The van der Waals surface area contributed by atoms with Crippen LogP contribution >= 0.6 is 0 Å². The molecule has 20 heavy (non-hydrogen) atoms. The van der Waals surface area contributed by atoms with Crippen LogP contribution < -0.4 is 4.90 Å². The van der Waals surface area contributed by atoms with Crippen LogP contribution in [0.15, 0.2) is 30.6 Å². The number of nitrogens with zero attached hydrogens (tertiary/aromatic N) is 3. The lowest BCUT2D eigenvalue weighted by Gasteiger charge is -2.21. The van der Waals surface area contributed by atoms with Gasteiger partial charge >= 0.3 is 0 Å². The molecule has 1 aromatic carbocycles. The van der Waals surface area contributed by atoms with Crippen molar-refractivity contribution in [2.45, 2.75) is 19.3 Å². The molecule has 0 radical (unpaired) electrons. The van der Waals surface area contributed by atoms with Crippen LogP contribution in [-0.4, -0.2) is 23.5 Å². The first kappa shape index (κ1) is 12.8. The lowest BCUT2D eigenvalue weighted by Crippen LogP contribution is -2.19. The molecule has 0 N–H and O–H groups in total. The highest BCUT2D eigenvalue weighted by molar-refractivity contribution is 5.99. The van der Waals surface area contributed by atoms with Crippen LogP contribution in [0.4, 0.5) is 11.4 Å². The Labute approximate surface area is 117 Å². The highest BCUT2D eigenvalue weighted by Crippen LogP contribution is 2.35. The fourth-order valence-electron chi connectivity index (χ4n) is 2.55. The summed E-state index contributed by atoms with van der Waals surface area (Å²) >= 11 is 0. The van der Waals surface area contributed by atoms with Crippen LogP contribution in [0.5, 0.6) is 0 Å². The van der Waals surface area contributed by atoms with Crippen LogP contribution in [0.25, 0.3) is 10.8 Å². The second kappa shape index (κ2) is 5.07. The summed E-state index contributed by atoms with van der Waals surface area (Å²) in [4.78, 5) is 16.9. The summed E-state index contributed by atoms with van der Waals surface area (Å²) in [5.41, 5.74) is 1.15. The topological polar surface area (TPSA) is 59.3 Å². The number of nitro benzene ring substituents is 1. The van der Waals surface area contributed by atoms with Crippen molar-refractivity contribution in [3.63, 3.8) is 0 Å². The Hall–Kier alpha value is -2.17. The van der Waals surface area contributed by atoms with E-state index in [1.54, 1.807) is 18.5 Å². The molecule has 1 aliphatic carbocycles. The summed E-state index contributed by atoms with van der Waals surface area (Å²) in [5.74, 6) is 0.878. The first-order valence-electron chi connectivity index (χ1n) is 6.89. The van der Waals surface area contributed by atoms with Crippen LogP contribution in [0.2, 0.25) is 0 Å². The molecule has 0 bridgehead atoms. The molecule has 5 nitrogen and oxygen atoms in total. The Morgan fingerprint density at radius 3 is 2.85 bits per heavy atom. The van der Waals surface area contributed by atoms with Gasteiger partial charge in [-0.05, 0) is 24.5 Å². The minimum absolute atomic E-state index is 0.118. The summed E-state index contributed by atoms with van der Waals surface area (Å²) in [7, 11) is 2.05. The molecule has 5 heteroatoms. The second-order valence-corrected chi connectivity index (χ2v) is 5.44. The fourth-order valence-corrected chi connectivity index (χ4v) is 2.55. The SMILES string of the molecule is CN(CCC1CC1)c1ccc([N+](=O)[O-])c2cnccc12. The van der Waals surface area contributed by atoms with Crippen molar-refractivity contribution >= 4 is 22.1 Å². The summed E-state index contributed by atoms with van der Waals surface area (Å²) in [6, 6.07) is 5.27. The first-order chi connectivity index (χ1) is 9.66. The van der Waals surface area contributed by atoms with Gasteiger partial charge in [-0.1, -0.05) is 12.8 Å². The molecule has 1 fully saturated rings. The van der Waals surface area contributed by atoms with Gasteiger partial charge in [-0.25, -0.2) is 0 Å². The molecular weight excluding hydrogens is 254 g/mol. The minimum Gasteiger partial charge on any atom is -0.374 e. The molecule has 1 saturated carbocycles. The maximum Gasteiger partial charge on any atom is 0.278 e. The smallest absolute Gasteiger partial charge is 0.278 e. The Kier molecular flexibility index (Phi) is 3.26. The van der Waals surface area contributed by atoms with Gasteiger partial charge in [-0.3, -0.25) is 15.1 Å². The van der Waals surface area contributed by atoms with Gasteiger partial charge in [-0.2, -0.15) is 0 Å². The number of nitro groups is 1. The molecule has 1 aliphatic rings. The van der Waals surface area contributed by atoms with E-state index in [1.165, 1.54) is 19.3 Å². The number of non-ortho nitro benzene ring substituents is 1. The fraction of sp³-hybridized carbons (Fsp3) is 0.400. The van der Waals surface area contributed by atoms with Gasteiger partial charge < -0.3 is 4.90 Å². The van der Waals surface area contributed by atoms with Crippen LogP contribution in [0.1, 0.15) is 19.3 Å². The average molecular weight is 271 g/mol. The zero-order chi connectivity index (χ0) is 14.1. The zero-order valence-corrected chi connectivity index (χ0v) is 11.5. The Morgan fingerprint density at radius 2 is 2.15 bits per heavy atom. The maximum atomic E-state index is 11.1.